The van der Waals surface area contributed by atoms with Crippen LogP contribution in [-0.2, 0) is 4.74 Å². The maximum absolute atomic E-state index is 12.4. The minimum absolute atomic E-state index is 0.0343. The second-order valence-electron chi connectivity index (χ2n) is 6.73. The van der Waals surface area contributed by atoms with Gasteiger partial charge in [-0.05, 0) is 48.3 Å². The van der Waals surface area contributed by atoms with E-state index >= 15 is 0 Å². The third-order valence-corrected chi connectivity index (χ3v) is 6.01. The van der Waals surface area contributed by atoms with Crippen LogP contribution in [0.1, 0.15) is 25.7 Å². The van der Waals surface area contributed by atoms with E-state index in [1.807, 2.05) is 29.6 Å². The van der Waals surface area contributed by atoms with E-state index in [9.17, 15) is 4.79 Å². The standard InChI is InChI=1S/C19H22N2O2S/c1-21-14-6-7-15(21)11-16(10-14)23-19(22)20-18-5-3-2-4-17(18)13-8-9-24-12-13/h2-5,8-9,12,14-16H,6-7,10-11H2,1H3,(H,20,22). The second-order valence-corrected chi connectivity index (χ2v) is 7.51. The van der Waals surface area contributed by atoms with Gasteiger partial charge in [0, 0.05) is 30.5 Å². The number of carbonyl (C=O) groups is 1. The molecule has 2 saturated heterocycles. The van der Waals surface area contributed by atoms with Crippen molar-refractivity contribution in [2.75, 3.05) is 12.4 Å². The van der Waals surface area contributed by atoms with E-state index in [1.54, 1.807) is 11.3 Å². The van der Waals surface area contributed by atoms with Crippen molar-refractivity contribution in [1.29, 1.82) is 0 Å². The maximum Gasteiger partial charge on any atom is 0.411 e. The number of nitrogens with one attached hydrogen (secondary N) is 1. The fourth-order valence-corrected chi connectivity index (χ4v) is 4.67. The Bertz CT molecular complexity index is 702. The molecule has 0 spiro atoms. The third-order valence-electron chi connectivity index (χ3n) is 5.32. The molecule has 4 rings (SSSR count). The second kappa shape index (κ2) is 6.57. The van der Waals surface area contributed by atoms with Crippen molar-refractivity contribution in [3.05, 3.63) is 41.1 Å². The van der Waals surface area contributed by atoms with Crippen molar-refractivity contribution in [3.8, 4) is 11.1 Å². The van der Waals surface area contributed by atoms with E-state index < -0.39 is 0 Å². The first-order valence-electron chi connectivity index (χ1n) is 8.52. The number of thiophene rings is 1. The molecule has 0 radical (unpaired) electrons. The lowest BCUT2D eigenvalue weighted by Gasteiger charge is -2.35. The van der Waals surface area contributed by atoms with Crippen molar-refractivity contribution in [1.82, 2.24) is 4.90 Å². The molecular weight excluding hydrogens is 320 g/mol. The zero-order chi connectivity index (χ0) is 16.5. The normalized spacial score (nSPS) is 26.3. The average molecular weight is 342 g/mol. The molecule has 2 bridgehead atoms. The number of rotatable bonds is 3. The predicted molar refractivity (Wildman–Crippen MR) is 97.5 cm³/mol. The molecule has 4 nitrogen and oxygen atoms in total. The molecule has 24 heavy (non-hydrogen) atoms. The summed E-state index contributed by atoms with van der Waals surface area (Å²) >= 11 is 1.65. The van der Waals surface area contributed by atoms with Gasteiger partial charge < -0.3 is 9.64 Å². The summed E-state index contributed by atoms with van der Waals surface area (Å²) in [7, 11) is 2.19. The average Bonchev–Trinajstić information content (AvgIpc) is 3.15. The Kier molecular flexibility index (Phi) is 4.29. The van der Waals surface area contributed by atoms with Crippen LogP contribution in [-0.4, -0.2) is 36.2 Å². The molecule has 2 aliphatic rings. The first kappa shape index (κ1) is 15.7. The minimum Gasteiger partial charge on any atom is -0.446 e. The van der Waals surface area contributed by atoms with E-state index in [0.717, 1.165) is 29.7 Å². The number of piperidine rings is 1. The fourth-order valence-electron chi connectivity index (χ4n) is 4.01. The summed E-state index contributed by atoms with van der Waals surface area (Å²) < 4.78 is 5.72. The SMILES string of the molecule is CN1C2CCC1CC(OC(=O)Nc1ccccc1-c1ccsc1)C2. The van der Waals surface area contributed by atoms with Gasteiger partial charge in [0.15, 0.2) is 0 Å². The van der Waals surface area contributed by atoms with Crippen molar-refractivity contribution >= 4 is 23.1 Å². The molecule has 1 amide bonds. The number of anilines is 1. The summed E-state index contributed by atoms with van der Waals surface area (Å²) in [5, 5.41) is 7.06. The van der Waals surface area contributed by atoms with Gasteiger partial charge >= 0.3 is 6.09 Å². The Morgan fingerprint density at radius 1 is 1.21 bits per heavy atom. The van der Waals surface area contributed by atoms with Crippen LogP contribution < -0.4 is 5.32 Å². The topological polar surface area (TPSA) is 41.6 Å². The van der Waals surface area contributed by atoms with Crippen LogP contribution >= 0.6 is 11.3 Å². The molecule has 0 aliphatic carbocycles. The van der Waals surface area contributed by atoms with Gasteiger partial charge in [-0.25, -0.2) is 4.79 Å². The zero-order valence-corrected chi connectivity index (χ0v) is 14.6. The molecular formula is C19H22N2O2S. The lowest BCUT2D eigenvalue weighted by Crippen LogP contribution is -2.43. The molecule has 2 unspecified atom stereocenters. The Labute approximate surface area is 146 Å². The molecule has 2 aliphatic heterocycles. The number of nitrogens with zero attached hydrogens (tertiary/aromatic N) is 1. The number of amides is 1. The number of hydrogen-bond acceptors (Lipinski definition) is 4. The van der Waals surface area contributed by atoms with Crippen LogP contribution in [0, 0.1) is 0 Å². The van der Waals surface area contributed by atoms with Crippen molar-refractivity contribution in [3.63, 3.8) is 0 Å². The predicted octanol–water partition coefficient (Wildman–Crippen LogP) is 4.59. The van der Waals surface area contributed by atoms with Gasteiger partial charge in [0.05, 0.1) is 5.69 Å². The fraction of sp³-hybridized carbons (Fsp3) is 0.421. The van der Waals surface area contributed by atoms with Gasteiger partial charge in [-0.15, -0.1) is 0 Å². The highest BCUT2D eigenvalue weighted by Crippen LogP contribution is 2.36. The summed E-state index contributed by atoms with van der Waals surface area (Å²) in [6.07, 6.45) is 4.05. The van der Waals surface area contributed by atoms with Crippen LogP contribution in [0.4, 0.5) is 10.5 Å². The highest BCUT2D eigenvalue weighted by Gasteiger charge is 2.39. The molecule has 5 heteroatoms. The smallest absolute Gasteiger partial charge is 0.411 e. The van der Waals surface area contributed by atoms with Gasteiger partial charge in [-0.2, -0.15) is 11.3 Å². The Balaban J connectivity index is 1.42. The Morgan fingerprint density at radius 3 is 2.67 bits per heavy atom. The van der Waals surface area contributed by atoms with E-state index in [2.05, 4.69) is 28.7 Å². The van der Waals surface area contributed by atoms with E-state index in [1.165, 1.54) is 12.8 Å². The Hall–Kier alpha value is -1.85. The molecule has 3 heterocycles. The van der Waals surface area contributed by atoms with Crippen LogP contribution in [0.3, 0.4) is 0 Å². The lowest BCUT2D eigenvalue weighted by atomic mass is 10.0. The molecule has 2 atom stereocenters. The summed E-state index contributed by atoms with van der Waals surface area (Å²) in [4.78, 5) is 14.8. The first-order valence-corrected chi connectivity index (χ1v) is 9.46. The highest BCUT2D eigenvalue weighted by atomic mass is 32.1. The van der Waals surface area contributed by atoms with Crippen molar-refractivity contribution in [2.24, 2.45) is 0 Å². The van der Waals surface area contributed by atoms with E-state index in [0.29, 0.717) is 12.1 Å². The summed E-state index contributed by atoms with van der Waals surface area (Å²) in [5.41, 5.74) is 2.95. The minimum atomic E-state index is -0.341. The number of fused-ring (bicyclic) bond motifs is 2. The van der Waals surface area contributed by atoms with E-state index in [4.69, 9.17) is 4.74 Å². The first-order chi connectivity index (χ1) is 11.7. The summed E-state index contributed by atoms with van der Waals surface area (Å²) in [6, 6.07) is 11.1. The van der Waals surface area contributed by atoms with E-state index in [-0.39, 0.29) is 12.2 Å². The maximum atomic E-state index is 12.4. The molecule has 2 aromatic rings. The quantitative estimate of drug-likeness (QED) is 0.887. The Morgan fingerprint density at radius 2 is 1.96 bits per heavy atom. The molecule has 1 N–H and O–H groups in total. The van der Waals surface area contributed by atoms with Gasteiger partial charge in [-0.3, -0.25) is 5.32 Å². The molecule has 1 aromatic heterocycles. The lowest BCUT2D eigenvalue weighted by molar-refractivity contribution is 0.0348. The molecule has 1 aromatic carbocycles. The summed E-state index contributed by atoms with van der Waals surface area (Å²) in [6.45, 7) is 0. The number of ether oxygens (including phenoxy) is 1. The number of hydrogen-bond donors (Lipinski definition) is 1. The van der Waals surface area contributed by atoms with Crippen LogP contribution in [0.2, 0.25) is 0 Å². The van der Waals surface area contributed by atoms with Gasteiger partial charge in [-0.1, -0.05) is 18.2 Å². The zero-order valence-electron chi connectivity index (χ0n) is 13.8. The van der Waals surface area contributed by atoms with Gasteiger partial charge in [0.2, 0.25) is 0 Å². The largest absolute Gasteiger partial charge is 0.446 e. The monoisotopic (exact) mass is 342 g/mol. The van der Waals surface area contributed by atoms with Crippen molar-refractivity contribution in [2.45, 2.75) is 43.9 Å². The molecule has 2 fully saturated rings. The molecule has 0 saturated carbocycles. The third kappa shape index (κ3) is 3.06. The number of para-hydroxylation sites is 1. The number of benzene rings is 1. The van der Waals surface area contributed by atoms with Gasteiger partial charge in [0.1, 0.15) is 6.10 Å². The van der Waals surface area contributed by atoms with Crippen LogP contribution in [0.5, 0.6) is 0 Å². The summed E-state index contributed by atoms with van der Waals surface area (Å²) in [5.74, 6) is 0. The number of carbonyl (C=O) groups excluding carboxylic acids is 1. The molecule has 126 valence electrons. The van der Waals surface area contributed by atoms with Gasteiger partial charge in [0.25, 0.3) is 0 Å². The van der Waals surface area contributed by atoms with Crippen molar-refractivity contribution < 1.29 is 9.53 Å². The highest BCUT2D eigenvalue weighted by molar-refractivity contribution is 7.08. The van der Waals surface area contributed by atoms with Crippen LogP contribution in [0.25, 0.3) is 11.1 Å². The van der Waals surface area contributed by atoms with Crippen LogP contribution in [0.15, 0.2) is 41.1 Å².